The van der Waals surface area contributed by atoms with E-state index in [0.29, 0.717) is 18.2 Å². The summed E-state index contributed by atoms with van der Waals surface area (Å²) in [6, 6.07) is 23.0. The van der Waals surface area contributed by atoms with Gasteiger partial charge in [-0.2, -0.15) is 4.39 Å². The van der Waals surface area contributed by atoms with Crippen molar-refractivity contribution < 1.29 is 31.1 Å². The fourth-order valence-corrected chi connectivity index (χ4v) is 7.00. The standard InChI is InChI=1S/C18H21N3O4S.C13H11FN2O4S/c1-20(26(24,25)16-8-3-2-4-9-16)15-10-11-17(18(12-15)21(22)23)19-13-14-6-5-7-14;1-15(21(19,20)11-5-3-2-4-6-11)10-7-8-12(14)13(9-10)16(17)18/h2-4,8-12,14,19H,5-7,13H2,1H3;2-9H,1H3. The molecule has 16 heteroatoms. The summed E-state index contributed by atoms with van der Waals surface area (Å²) in [4.78, 5) is 20.9. The van der Waals surface area contributed by atoms with E-state index in [1.807, 2.05) is 0 Å². The number of nitro benzene ring substituents is 2. The number of hydrogen-bond acceptors (Lipinski definition) is 9. The van der Waals surface area contributed by atoms with Crippen LogP contribution in [-0.2, 0) is 20.0 Å². The van der Waals surface area contributed by atoms with E-state index >= 15 is 0 Å². The summed E-state index contributed by atoms with van der Waals surface area (Å²) in [7, 11) is -5.00. The first-order valence-electron chi connectivity index (χ1n) is 14.3. The van der Waals surface area contributed by atoms with Crippen LogP contribution in [0.2, 0.25) is 0 Å². The Bertz CT molecular complexity index is 1960. The number of halogens is 1. The lowest BCUT2D eigenvalue weighted by Gasteiger charge is -2.26. The first-order valence-corrected chi connectivity index (χ1v) is 17.2. The molecular weight excluding hydrogens is 654 g/mol. The summed E-state index contributed by atoms with van der Waals surface area (Å²) >= 11 is 0. The van der Waals surface area contributed by atoms with E-state index < -0.39 is 41.4 Å². The lowest BCUT2D eigenvalue weighted by atomic mass is 9.85. The second-order valence-corrected chi connectivity index (χ2v) is 14.5. The van der Waals surface area contributed by atoms with Gasteiger partial charge < -0.3 is 5.32 Å². The van der Waals surface area contributed by atoms with Crippen molar-refractivity contribution in [1.82, 2.24) is 0 Å². The van der Waals surface area contributed by atoms with Crippen molar-refractivity contribution in [3.8, 4) is 0 Å². The topological polar surface area (TPSA) is 173 Å². The maximum atomic E-state index is 13.3. The van der Waals surface area contributed by atoms with Crippen LogP contribution in [0.3, 0.4) is 0 Å². The Balaban J connectivity index is 0.000000218. The van der Waals surface area contributed by atoms with Crippen LogP contribution in [0, 0.1) is 32.0 Å². The second kappa shape index (κ2) is 14.6. The molecule has 1 aliphatic carbocycles. The number of nitro groups is 2. The monoisotopic (exact) mass is 685 g/mol. The lowest BCUT2D eigenvalue weighted by molar-refractivity contribution is -0.387. The van der Waals surface area contributed by atoms with Gasteiger partial charge in [0.2, 0.25) is 5.82 Å². The Labute approximate surface area is 271 Å². The molecule has 0 heterocycles. The molecule has 0 radical (unpaired) electrons. The molecule has 1 aliphatic rings. The zero-order valence-corrected chi connectivity index (χ0v) is 27.0. The molecule has 0 saturated heterocycles. The van der Waals surface area contributed by atoms with Crippen LogP contribution < -0.4 is 13.9 Å². The molecule has 1 N–H and O–H groups in total. The highest BCUT2D eigenvalue weighted by molar-refractivity contribution is 7.93. The molecule has 0 amide bonds. The summed E-state index contributed by atoms with van der Waals surface area (Å²) in [6.45, 7) is 0.693. The molecule has 13 nitrogen and oxygen atoms in total. The molecule has 4 aromatic carbocycles. The Hall–Kier alpha value is -5.09. The molecule has 5 rings (SSSR count). The van der Waals surface area contributed by atoms with Crippen LogP contribution in [0.4, 0.5) is 32.8 Å². The molecule has 1 fully saturated rings. The third-order valence-corrected chi connectivity index (χ3v) is 11.2. The number of benzene rings is 4. The van der Waals surface area contributed by atoms with Crippen molar-refractivity contribution in [2.24, 2.45) is 5.92 Å². The van der Waals surface area contributed by atoms with Crippen molar-refractivity contribution >= 4 is 48.5 Å². The van der Waals surface area contributed by atoms with E-state index in [1.54, 1.807) is 48.5 Å². The van der Waals surface area contributed by atoms with E-state index in [0.717, 1.165) is 33.6 Å². The molecule has 248 valence electrons. The predicted molar refractivity (Wildman–Crippen MR) is 176 cm³/mol. The minimum absolute atomic E-state index is 0.00644. The predicted octanol–water partition coefficient (Wildman–Crippen LogP) is 6.19. The number of hydrogen-bond donors (Lipinski definition) is 1. The smallest absolute Gasteiger partial charge is 0.306 e. The minimum Gasteiger partial charge on any atom is -0.379 e. The molecule has 0 aliphatic heterocycles. The van der Waals surface area contributed by atoms with Gasteiger partial charge in [-0.05, 0) is 67.3 Å². The molecule has 47 heavy (non-hydrogen) atoms. The van der Waals surface area contributed by atoms with E-state index in [4.69, 9.17) is 0 Å². The molecule has 0 spiro atoms. The number of anilines is 3. The number of nitrogens with zero attached hydrogens (tertiary/aromatic N) is 4. The van der Waals surface area contributed by atoms with Crippen molar-refractivity contribution in [2.75, 3.05) is 34.6 Å². The number of nitrogens with one attached hydrogen (secondary N) is 1. The summed E-state index contributed by atoms with van der Waals surface area (Å²) < 4.78 is 65.3. The normalized spacial score (nSPS) is 13.0. The highest BCUT2D eigenvalue weighted by Gasteiger charge is 2.26. The van der Waals surface area contributed by atoms with Crippen molar-refractivity contribution in [3.05, 3.63) is 123 Å². The molecule has 1 saturated carbocycles. The quantitative estimate of drug-likeness (QED) is 0.143. The molecule has 0 unspecified atom stereocenters. The van der Waals surface area contributed by atoms with Gasteiger partial charge in [-0.15, -0.1) is 0 Å². The van der Waals surface area contributed by atoms with Gasteiger partial charge in [-0.3, -0.25) is 28.8 Å². The lowest BCUT2D eigenvalue weighted by Crippen LogP contribution is -2.26. The zero-order chi connectivity index (χ0) is 34.4. The number of rotatable bonds is 11. The molecule has 0 atom stereocenters. The average Bonchev–Trinajstić information content (AvgIpc) is 3.04. The molecular formula is C31H32FN5O8S2. The van der Waals surface area contributed by atoms with Gasteiger partial charge >= 0.3 is 5.69 Å². The largest absolute Gasteiger partial charge is 0.379 e. The fourth-order valence-electron chi connectivity index (χ4n) is 4.58. The highest BCUT2D eigenvalue weighted by atomic mass is 32.2. The number of sulfonamides is 2. The second-order valence-electron chi connectivity index (χ2n) is 10.6. The molecule has 0 bridgehead atoms. The van der Waals surface area contributed by atoms with Gasteiger partial charge in [0.25, 0.3) is 25.7 Å². The Morgan fingerprint density at radius 2 is 1.17 bits per heavy atom. The van der Waals surface area contributed by atoms with E-state index in [1.165, 1.54) is 56.9 Å². The third-order valence-electron chi connectivity index (χ3n) is 7.64. The van der Waals surface area contributed by atoms with E-state index in [9.17, 15) is 41.5 Å². The molecule has 4 aromatic rings. The van der Waals surface area contributed by atoms with Crippen LogP contribution in [-0.4, -0.2) is 47.3 Å². The van der Waals surface area contributed by atoms with Crippen LogP contribution in [0.25, 0.3) is 0 Å². The zero-order valence-electron chi connectivity index (χ0n) is 25.4. The maximum absolute atomic E-state index is 13.3. The van der Waals surface area contributed by atoms with Crippen LogP contribution in [0.1, 0.15) is 19.3 Å². The first kappa shape index (κ1) is 34.8. The van der Waals surface area contributed by atoms with Gasteiger partial charge in [0, 0.05) is 32.8 Å². The van der Waals surface area contributed by atoms with Crippen LogP contribution >= 0.6 is 0 Å². The Morgan fingerprint density at radius 1 is 0.723 bits per heavy atom. The van der Waals surface area contributed by atoms with Gasteiger partial charge in [-0.25, -0.2) is 16.8 Å². The summed E-state index contributed by atoms with van der Waals surface area (Å²) in [5, 5.41) is 25.3. The minimum atomic E-state index is -3.86. The highest BCUT2D eigenvalue weighted by Crippen LogP contribution is 2.33. The van der Waals surface area contributed by atoms with Gasteiger partial charge in [-0.1, -0.05) is 42.8 Å². The van der Waals surface area contributed by atoms with E-state index in [-0.39, 0.29) is 26.9 Å². The van der Waals surface area contributed by atoms with Gasteiger partial charge in [0.1, 0.15) is 5.69 Å². The third kappa shape index (κ3) is 8.01. The van der Waals surface area contributed by atoms with Crippen LogP contribution in [0.15, 0.2) is 107 Å². The van der Waals surface area contributed by atoms with Crippen LogP contribution in [0.5, 0.6) is 0 Å². The van der Waals surface area contributed by atoms with E-state index in [2.05, 4.69) is 5.32 Å². The summed E-state index contributed by atoms with van der Waals surface area (Å²) in [5.41, 5.74) is -0.239. The average molecular weight is 686 g/mol. The van der Waals surface area contributed by atoms with Crippen molar-refractivity contribution in [2.45, 2.75) is 29.1 Å². The molecule has 0 aromatic heterocycles. The van der Waals surface area contributed by atoms with Gasteiger partial charge in [0.05, 0.1) is 31.0 Å². The fraction of sp³-hybridized carbons (Fsp3) is 0.226. The van der Waals surface area contributed by atoms with Gasteiger partial charge in [0.15, 0.2) is 0 Å². The van der Waals surface area contributed by atoms with Crippen molar-refractivity contribution in [1.29, 1.82) is 0 Å². The Kier molecular flexibility index (Phi) is 10.8. The first-order chi connectivity index (χ1) is 22.2. The summed E-state index contributed by atoms with van der Waals surface area (Å²) in [5.74, 6) is -0.468. The van der Waals surface area contributed by atoms with Crippen molar-refractivity contribution in [3.63, 3.8) is 0 Å². The SMILES string of the molecule is CN(c1ccc(F)c([N+](=O)[O-])c1)S(=O)(=O)c1ccccc1.CN(c1ccc(NCC2CCC2)c([N+](=O)[O-])c1)S(=O)(=O)c1ccccc1. The maximum Gasteiger partial charge on any atom is 0.306 e. The Morgan fingerprint density at radius 3 is 1.60 bits per heavy atom. The summed E-state index contributed by atoms with van der Waals surface area (Å²) in [6.07, 6.45) is 3.48.